The number of nitrogens with two attached hydrogens (primary N) is 1. The summed E-state index contributed by atoms with van der Waals surface area (Å²) in [5.74, 6) is 0. The highest BCUT2D eigenvalue weighted by atomic mass is 15.3. The summed E-state index contributed by atoms with van der Waals surface area (Å²) in [5.41, 5.74) is 8.67. The fourth-order valence-corrected chi connectivity index (χ4v) is 2.85. The van der Waals surface area contributed by atoms with Gasteiger partial charge in [-0.1, -0.05) is 45.0 Å². The van der Waals surface area contributed by atoms with Crippen molar-refractivity contribution in [3.8, 4) is 0 Å². The minimum Gasteiger partial charge on any atom is -0.330 e. The van der Waals surface area contributed by atoms with Crippen LogP contribution in [0.3, 0.4) is 0 Å². The second-order valence-corrected chi connectivity index (χ2v) is 7.21. The zero-order chi connectivity index (χ0) is 15.3. The number of benzene rings is 1. The molecular formula is C18H31N3. The third-order valence-electron chi connectivity index (χ3n) is 4.37. The normalized spacial score (nSPS) is 18.1. The summed E-state index contributed by atoms with van der Waals surface area (Å²) in [5, 5.41) is 0. The van der Waals surface area contributed by atoms with E-state index in [0.717, 1.165) is 26.1 Å². The van der Waals surface area contributed by atoms with Crippen molar-refractivity contribution in [2.45, 2.75) is 39.2 Å². The molecule has 0 bridgehead atoms. The third-order valence-corrected chi connectivity index (χ3v) is 4.37. The minimum absolute atomic E-state index is 0.243. The number of hydrogen-bond donors (Lipinski definition) is 1. The van der Waals surface area contributed by atoms with Crippen molar-refractivity contribution in [2.75, 3.05) is 39.3 Å². The maximum Gasteiger partial charge on any atom is 0.0234 e. The van der Waals surface area contributed by atoms with Crippen LogP contribution in [0.2, 0.25) is 0 Å². The van der Waals surface area contributed by atoms with E-state index in [-0.39, 0.29) is 5.41 Å². The van der Waals surface area contributed by atoms with Crippen LogP contribution >= 0.6 is 0 Å². The standard InChI is InChI=1S/C18H31N3/c1-18(2,3)17-7-5-16(6-8-17)15-21-13-11-20(12-14-21)10-4-9-19/h5-8H,4,9-15,19H2,1-3H3. The van der Waals surface area contributed by atoms with E-state index in [0.29, 0.717) is 0 Å². The topological polar surface area (TPSA) is 32.5 Å². The van der Waals surface area contributed by atoms with Crippen LogP contribution in [-0.4, -0.2) is 49.1 Å². The predicted octanol–water partition coefficient (Wildman–Crippen LogP) is 2.45. The number of nitrogens with zero attached hydrogens (tertiary/aromatic N) is 2. The highest BCUT2D eigenvalue weighted by molar-refractivity contribution is 5.27. The lowest BCUT2D eigenvalue weighted by atomic mass is 9.87. The number of hydrogen-bond acceptors (Lipinski definition) is 3. The van der Waals surface area contributed by atoms with Crippen LogP contribution in [-0.2, 0) is 12.0 Å². The molecular weight excluding hydrogens is 258 g/mol. The van der Waals surface area contributed by atoms with Crippen LogP contribution in [0.4, 0.5) is 0 Å². The SMILES string of the molecule is CC(C)(C)c1ccc(CN2CCN(CCCN)CC2)cc1. The van der Waals surface area contributed by atoms with Gasteiger partial charge in [0.15, 0.2) is 0 Å². The molecule has 21 heavy (non-hydrogen) atoms. The molecule has 1 heterocycles. The van der Waals surface area contributed by atoms with E-state index in [4.69, 9.17) is 5.73 Å². The van der Waals surface area contributed by atoms with E-state index >= 15 is 0 Å². The minimum atomic E-state index is 0.243. The van der Waals surface area contributed by atoms with Gasteiger partial charge in [0.25, 0.3) is 0 Å². The first-order valence-electron chi connectivity index (χ1n) is 8.23. The molecule has 1 aromatic rings. The maximum atomic E-state index is 5.58. The summed E-state index contributed by atoms with van der Waals surface area (Å²) in [7, 11) is 0. The van der Waals surface area contributed by atoms with Gasteiger partial charge in [0.1, 0.15) is 0 Å². The van der Waals surface area contributed by atoms with Crippen molar-refractivity contribution in [2.24, 2.45) is 5.73 Å². The smallest absolute Gasteiger partial charge is 0.0234 e. The molecule has 0 spiro atoms. The first-order chi connectivity index (χ1) is 9.99. The van der Waals surface area contributed by atoms with Gasteiger partial charge in [0.05, 0.1) is 0 Å². The lowest BCUT2D eigenvalue weighted by Crippen LogP contribution is -2.46. The van der Waals surface area contributed by atoms with Crippen LogP contribution in [0.15, 0.2) is 24.3 Å². The van der Waals surface area contributed by atoms with Gasteiger partial charge in [-0.3, -0.25) is 4.90 Å². The van der Waals surface area contributed by atoms with E-state index in [9.17, 15) is 0 Å². The zero-order valence-corrected chi connectivity index (χ0v) is 13.9. The highest BCUT2D eigenvalue weighted by Crippen LogP contribution is 2.22. The number of rotatable bonds is 5. The Balaban J connectivity index is 1.81. The van der Waals surface area contributed by atoms with E-state index in [2.05, 4.69) is 54.8 Å². The summed E-state index contributed by atoms with van der Waals surface area (Å²) < 4.78 is 0. The quantitative estimate of drug-likeness (QED) is 0.904. The van der Waals surface area contributed by atoms with Gasteiger partial charge in [-0.2, -0.15) is 0 Å². The summed E-state index contributed by atoms with van der Waals surface area (Å²) >= 11 is 0. The summed E-state index contributed by atoms with van der Waals surface area (Å²) in [6.07, 6.45) is 1.12. The van der Waals surface area contributed by atoms with Gasteiger partial charge >= 0.3 is 0 Å². The highest BCUT2D eigenvalue weighted by Gasteiger charge is 2.17. The summed E-state index contributed by atoms with van der Waals surface area (Å²) in [6, 6.07) is 9.16. The molecule has 0 unspecified atom stereocenters. The number of piperazine rings is 1. The van der Waals surface area contributed by atoms with Crippen molar-refractivity contribution in [1.29, 1.82) is 0 Å². The fraction of sp³-hybridized carbons (Fsp3) is 0.667. The second-order valence-electron chi connectivity index (χ2n) is 7.21. The van der Waals surface area contributed by atoms with E-state index < -0.39 is 0 Å². The van der Waals surface area contributed by atoms with Crippen LogP contribution in [0.25, 0.3) is 0 Å². The molecule has 0 atom stereocenters. The Bertz CT molecular complexity index is 411. The lowest BCUT2D eigenvalue weighted by Gasteiger charge is -2.34. The van der Waals surface area contributed by atoms with Crippen LogP contribution in [0.1, 0.15) is 38.3 Å². The molecule has 1 aromatic carbocycles. The van der Waals surface area contributed by atoms with Crippen LogP contribution < -0.4 is 5.73 Å². The molecule has 0 aliphatic carbocycles. The molecule has 3 nitrogen and oxygen atoms in total. The van der Waals surface area contributed by atoms with Gasteiger partial charge in [-0.05, 0) is 36.1 Å². The Morgan fingerprint density at radius 3 is 2.05 bits per heavy atom. The first kappa shape index (κ1) is 16.5. The van der Waals surface area contributed by atoms with Crippen molar-refractivity contribution in [1.82, 2.24) is 9.80 Å². The third kappa shape index (κ3) is 5.10. The molecule has 1 fully saturated rings. The first-order valence-corrected chi connectivity index (χ1v) is 8.23. The molecule has 1 aliphatic heterocycles. The fourth-order valence-electron chi connectivity index (χ4n) is 2.85. The van der Waals surface area contributed by atoms with Gasteiger partial charge in [-0.15, -0.1) is 0 Å². The molecule has 2 N–H and O–H groups in total. The van der Waals surface area contributed by atoms with Gasteiger partial charge in [-0.25, -0.2) is 0 Å². The van der Waals surface area contributed by atoms with Gasteiger partial charge < -0.3 is 10.6 Å². The Morgan fingerprint density at radius 1 is 0.952 bits per heavy atom. The lowest BCUT2D eigenvalue weighted by molar-refractivity contribution is 0.127. The molecule has 1 saturated heterocycles. The molecule has 1 aliphatic rings. The molecule has 0 amide bonds. The van der Waals surface area contributed by atoms with E-state index in [1.165, 1.54) is 37.3 Å². The predicted molar refractivity (Wildman–Crippen MR) is 90.5 cm³/mol. The van der Waals surface area contributed by atoms with Crippen LogP contribution in [0, 0.1) is 0 Å². The van der Waals surface area contributed by atoms with Crippen molar-refractivity contribution < 1.29 is 0 Å². The van der Waals surface area contributed by atoms with E-state index in [1.54, 1.807) is 0 Å². The monoisotopic (exact) mass is 289 g/mol. The molecule has 0 saturated carbocycles. The average molecular weight is 289 g/mol. The van der Waals surface area contributed by atoms with Crippen molar-refractivity contribution in [3.63, 3.8) is 0 Å². The van der Waals surface area contributed by atoms with Crippen molar-refractivity contribution in [3.05, 3.63) is 35.4 Å². The molecule has 118 valence electrons. The Kier molecular flexibility index (Phi) is 5.80. The summed E-state index contributed by atoms with van der Waals surface area (Å²) in [4.78, 5) is 5.09. The Morgan fingerprint density at radius 2 is 1.52 bits per heavy atom. The molecule has 2 rings (SSSR count). The zero-order valence-electron chi connectivity index (χ0n) is 13.9. The van der Waals surface area contributed by atoms with Gasteiger partial charge in [0.2, 0.25) is 0 Å². The van der Waals surface area contributed by atoms with Crippen LogP contribution in [0.5, 0.6) is 0 Å². The maximum absolute atomic E-state index is 5.58. The second kappa shape index (κ2) is 7.39. The Hall–Kier alpha value is -0.900. The largest absolute Gasteiger partial charge is 0.330 e. The molecule has 3 heteroatoms. The average Bonchev–Trinajstić information content (AvgIpc) is 2.46. The van der Waals surface area contributed by atoms with Crippen molar-refractivity contribution >= 4 is 0 Å². The molecule has 0 aromatic heterocycles. The molecule has 0 radical (unpaired) electrons. The van der Waals surface area contributed by atoms with E-state index in [1.807, 2.05) is 0 Å². The Labute approximate surface area is 130 Å². The van der Waals surface area contributed by atoms with Gasteiger partial charge in [0, 0.05) is 32.7 Å². The summed E-state index contributed by atoms with van der Waals surface area (Å²) in [6.45, 7) is 14.5.